The summed E-state index contributed by atoms with van der Waals surface area (Å²) in [7, 11) is 0. The third-order valence-corrected chi connectivity index (χ3v) is 4.67. The van der Waals surface area contributed by atoms with E-state index in [9.17, 15) is 4.79 Å². The number of nitrogens with one attached hydrogen (secondary N) is 1. The molecule has 122 valence electrons. The van der Waals surface area contributed by atoms with Gasteiger partial charge in [0.2, 0.25) is 0 Å². The zero-order valence-corrected chi connectivity index (χ0v) is 14.1. The first kappa shape index (κ1) is 15.4. The summed E-state index contributed by atoms with van der Waals surface area (Å²) < 4.78 is 0. The summed E-state index contributed by atoms with van der Waals surface area (Å²) in [6, 6.07) is 21.2. The van der Waals surface area contributed by atoms with E-state index in [4.69, 9.17) is 5.73 Å². The van der Waals surface area contributed by atoms with E-state index in [0.717, 1.165) is 27.7 Å². The molecule has 0 radical (unpaired) electrons. The number of fused-ring (bicyclic) bond motifs is 1. The van der Waals surface area contributed by atoms with Crippen LogP contribution in [-0.2, 0) is 0 Å². The van der Waals surface area contributed by atoms with E-state index in [-0.39, 0.29) is 5.91 Å². The number of hydrogen-bond acceptors (Lipinski definition) is 4. The Morgan fingerprint density at radius 1 is 0.960 bits per heavy atom. The molecule has 0 aliphatic carbocycles. The average molecular weight is 345 g/mol. The molecule has 3 N–H and O–H groups in total. The van der Waals surface area contributed by atoms with Gasteiger partial charge < -0.3 is 11.1 Å². The summed E-state index contributed by atoms with van der Waals surface area (Å²) >= 11 is 1.41. The Hall–Kier alpha value is -3.18. The van der Waals surface area contributed by atoms with Crippen LogP contribution in [0.15, 0.2) is 72.1 Å². The largest absolute Gasteiger partial charge is 0.375 e. The van der Waals surface area contributed by atoms with Gasteiger partial charge in [-0.2, -0.15) is 0 Å². The number of anilines is 2. The average Bonchev–Trinajstić information content (AvgIpc) is 3.08. The predicted molar refractivity (Wildman–Crippen MR) is 104 cm³/mol. The van der Waals surface area contributed by atoms with Gasteiger partial charge in [0.25, 0.3) is 5.91 Å². The van der Waals surface area contributed by atoms with Crippen LogP contribution >= 0.6 is 11.3 Å². The molecule has 1 heterocycles. The van der Waals surface area contributed by atoms with Gasteiger partial charge in [0.15, 0.2) is 5.13 Å². The van der Waals surface area contributed by atoms with Crippen molar-refractivity contribution in [1.82, 2.24) is 4.98 Å². The molecule has 5 heteroatoms. The van der Waals surface area contributed by atoms with E-state index in [1.807, 2.05) is 72.1 Å². The number of carbonyl (C=O) groups is 1. The third-order valence-electron chi connectivity index (χ3n) is 3.99. The minimum absolute atomic E-state index is 0.123. The van der Waals surface area contributed by atoms with Crippen molar-refractivity contribution in [1.29, 1.82) is 0 Å². The fraction of sp³-hybridized carbons (Fsp3) is 0. The highest BCUT2D eigenvalue weighted by atomic mass is 32.1. The van der Waals surface area contributed by atoms with Crippen molar-refractivity contribution in [3.63, 3.8) is 0 Å². The zero-order valence-electron chi connectivity index (χ0n) is 13.3. The van der Waals surface area contributed by atoms with Crippen LogP contribution in [0.25, 0.3) is 22.0 Å². The number of hydrogen-bond donors (Lipinski definition) is 2. The van der Waals surface area contributed by atoms with E-state index in [1.165, 1.54) is 11.3 Å². The minimum atomic E-state index is -0.123. The molecule has 0 fully saturated rings. The van der Waals surface area contributed by atoms with Gasteiger partial charge in [0, 0.05) is 22.2 Å². The van der Waals surface area contributed by atoms with Gasteiger partial charge in [-0.1, -0.05) is 48.5 Å². The second-order valence-electron chi connectivity index (χ2n) is 5.63. The highest BCUT2D eigenvalue weighted by Gasteiger charge is 2.10. The maximum absolute atomic E-state index is 12.6. The maximum Gasteiger partial charge on any atom is 0.256 e. The summed E-state index contributed by atoms with van der Waals surface area (Å²) in [6.45, 7) is 0. The van der Waals surface area contributed by atoms with Crippen molar-refractivity contribution in [3.8, 4) is 11.3 Å². The Balaban J connectivity index is 1.58. The molecule has 0 saturated carbocycles. The summed E-state index contributed by atoms with van der Waals surface area (Å²) in [4.78, 5) is 16.9. The van der Waals surface area contributed by atoms with Gasteiger partial charge in [0.05, 0.1) is 5.69 Å². The second-order valence-corrected chi connectivity index (χ2v) is 6.52. The first-order valence-corrected chi connectivity index (χ1v) is 8.69. The molecule has 3 aromatic carbocycles. The molecule has 0 spiro atoms. The normalized spacial score (nSPS) is 10.7. The summed E-state index contributed by atoms with van der Waals surface area (Å²) in [5, 5.41) is 7.40. The number of amides is 1. The van der Waals surface area contributed by atoms with Gasteiger partial charge in [-0.15, -0.1) is 11.3 Å². The van der Waals surface area contributed by atoms with Crippen molar-refractivity contribution in [2.75, 3.05) is 11.1 Å². The lowest BCUT2D eigenvalue weighted by Crippen LogP contribution is -2.12. The summed E-state index contributed by atoms with van der Waals surface area (Å²) in [5.74, 6) is -0.123. The quantitative estimate of drug-likeness (QED) is 0.560. The molecule has 4 nitrogen and oxygen atoms in total. The molecule has 0 atom stereocenters. The number of nitrogens with zero attached hydrogens (tertiary/aromatic N) is 1. The lowest BCUT2D eigenvalue weighted by atomic mass is 10.0. The highest BCUT2D eigenvalue weighted by Crippen LogP contribution is 2.25. The van der Waals surface area contributed by atoms with Crippen LogP contribution in [-0.4, -0.2) is 10.9 Å². The standard InChI is InChI=1S/C20H15N3OS/c21-20-23-18(12-25-20)14-8-10-15(11-9-14)22-19(24)17-7-3-5-13-4-1-2-6-16(13)17/h1-12H,(H2,21,23)(H,22,24). The molecule has 0 aliphatic heterocycles. The van der Waals surface area contributed by atoms with E-state index in [1.54, 1.807) is 0 Å². The number of aromatic nitrogens is 1. The third kappa shape index (κ3) is 3.09. The first-order valence-electron chi connectivity index (χ1n) is 7.81. The zero-order chi connectivity index (χ0) is 17.2. The molecule has 0 aliphatic rings. The molecule has 0 saturated heterocycles. The molecule has 1 amide bonds. The van der Waals surface area contributed by atoms with Crippen LogP contribution in [0.4, 0.5) is 10.8 Å². The molecule has 25 heavy (non-hydrogen) atoms. The molecule has 0 bridgehead atoms. The topological polar surface area (TPSA) is 68.0 Å². The lowest BCUT2D eigenvalue weighted by Gasteiger charge is -2.08. The van der Waals surface area contributed by atoms with Gasteiger partial charge >= 0.3 is 0 Å². The van der Waals surface area contributed by atoms with E-state index in [0.29, 0.717) is 10.7 Å². The van der Waals surface area contributed by atoms with Crippen LogP contribution in [0.1, 0.15) is 10.4 Å². The Labute approximate surface area is 149 Å². The number of carbonyl (C=O) groups excluding carboxylic acids is 1. The maximum atomic E-state index is 12.6. The fourth-order valence-electron chi connectivity index (χ4n) is 2.77. The molecular formula is C20H15N3OS. The molecule has 1 aromatic heterocycles. The molecule has 0 unspecified atom stereocenters. The number of thiazole rings is 1. The number of rotatable bonds is 3. The molecular weight excluding hydrogens is 330 g/mol. The number of nitrogens with two attached hydrogens (primary N) is 1. The SMILES string of the molecule is Nc1nc(-c2ccc(NC(=O)c3cccc4ccccc34)cc2)cs1. The number of nitrogen functional groups attached to an aromatic ring is 1. The van der Waals surface area contributed by atoms with Crippen LogP contribution in [0.3, 0.4) is 0 Å². The van der Waals surface area contributed by atoms with Gasteiger partial charge in [-0.05, 0) is 29.0 Å². The smallest absolute Gasteiger partial charge is 0.256 e. The molecule has 4 rings (SSSR count). The molecule has 4 aromatic rings. The minimum Gasteiger partial charge on any atom is -0.375 e. The van der Waals surface area contributed by atoms with Gasteiger partial charge in [-0.3, -0.25) is 4.79 Å². The van der Waals surface area contributed by atoms with Gasteiger partial charge in [0.1, 0.15) is 0 Å². The first-order chi connectivity index (χ1) is 12.2. The van der Waals surface area contributed by atoms with Crippen molar-refractivity contribution < 1.29 is 4.79 Å². The van der Waals surface area contributed by atoms with Crippen molar-refractivity contribution in [2.24, 2.45) is 0 Å². The van der Waals surface area contributed by atoms with E-state index < -0.39 is 0 Å². The Bertz CT molecular complexity index is 1050. The Kier molecular flexibility index (Phi) is 3.91. The summed E-state index contributed by atoms with van der Waals surface area (Å²) in [5.41, 5.74) is 8.88. The van der Waals surface area contributed by atoms with Gasteiger partial charge in [-0.25, -0.2) is 4.98 Å². The number of benzene rings is 3. The van der Waals surface area contributed by atoms with Crippen molar-refractivity contribution in [2.45, 2.75) is 0 Å². The summed E-state index contributed by atoms with van der Waals surface area (Å²) in [6.07, 6.45) is 0. The highest BCUT2D eigenvalue weighted by molar-refractivity contribution is 7.13. The van der Waals surface area contributed by atoms with E-state index in [2.05, 4.69) is 10.3 Å². The fourth-order valence-corrected chi connectivity index (χ4v) is 3.34. The van der Waals surface area contributed by atoms with Crippen LogP contribution in [0.2, 0.25) is 0 Å². The van der Waals surface area contributed by atoms with Crippen LogP contribution < -0.4 is 11.1 Å². The van der Waals surface area contributed by atoms with E-state index >= 15 is 0 Å². The van der Waals surface area contributed by atoms with Crippen LogP contribution in [0.5, 0.6) is 0 Å². The van der Waals surface area contributed by atoms with Crippen molar-refractivity contribution >= 4 is 38.8 Å². The Morgan fingerprint density at radius 2 is 1.72 bits per heavy atom. The Morgan fingerprint density at radius 3 is 2.48 bits per heavy atom. The lowest BCUT2D eigenvalue weighted by molar-refractivity contribution is 0.102. The van der Waals surface area contributed by atoms with Crippen LogP contribution in [0, 0.1) is 0 Å². The predicted octanol–water partition coefficient (Wildman–Crippen LogP) is 4.80. The van der Waals surface area contributed by atoms with Crippen molar-refractivity contribution in [3.05, 3.63) is 77.7 Å². The second kappa shape index (κ2) is 6.37. The monoisotopic (exact) mass is 345 g/mol.